The topological polar surface area (TPSA) is 29.5 Å². The molecular weight excluding hydrogens is 212 g/mol. The molecule has 0 saturated heterocycles. The summed E-state index contributed by atoms with van der Waals surface area (Å²) in [6.45, 7) is 7.94. The Morgan fingerprint density at radius 1 is 1.12 bits per heavy atom. The molecule has 0 aliphatic carbocycles. The molecule has 0 aliphatic heterocycles. The fourth-order valence-corrected chi connectivity index (χ4v) is 1.25. The maximum absolute atomic E-state index is 8.24. The Labute approximate surface area is 106 Å². The minimum Gasteiger partial charge on any atom is -0.394 e. The lowest BCUT2D eigenvalue weighted by Crippen LogP contribution is -1.99. The van der Waals surface area contributed by atoms with E-state index < -0.39 is 0 Å². The van der Waals surface area contributed by atoms with E-state index in [-0.39, 0.29) is 6.61 Å². The standard InChI is InChI=1S/C9H12.C6H14O2/c1-8(2)9-6-4-3-5-7-9;1-2-3-5-8-6-4-7/h3-8H,1-2H3;7H,2-6H2,1H3. The van der Waals surface area contributed by atoms with E-state index >= 15 is 0 Å². The van der Waals surface area contributed by atoms with Gasteiger partial charge in [-0.3, -0.25) is 0 Å². The van der Waals surface area contributed by atoms with Crippen LogP contribution < -0.4 is 0 Å². The molecule has 2 nitrogen and oxygen atoms in total. The summed E-state index contributed by atoms with van der Waals surface area (Å²) in [6, 6.07) is 10.5. The number of aliphatic hydroxyl groups excluding tert-OH is 1. The minimum absolute atomic E-state index is 0.143. The zero-order valence-electron chi connectivity index (χ0n) is 11.4. The lowest BCUT2D eigenvalue weighted by molar-refractivity contribution is 0.0904. The van der Waals surface area contributed by atoms with Crippen LogP contribution in [0.2, 0.25) is 0 Å². The summed E-state index contributed by atoms with van der Waals surface area (Å²) in [4.78, 5) is 0. The number of unbranched alkanes of at least 4 members (excludes halogenated alkanes) is 1. The van der Waals surface area contributed by atoms with E-state index in [1.54, 1.807) is 0 Å². The highest BCUT2D eigenvalue weighted by Crippen LogP contribution is 2.11. The molecule has 2 heteroatoms. The highest BCUT2D eigenvalue weighted by atomic mass is 16.5. The first kappa shape index (κ1) is 16.1. The third-order valence-corrected chi connectivity index (χ3v) is 2.34. The van der Waals surface area contributed by atoms with Crippen molar-refractivity contribution < 1.29 is 9.84 Å². The Kier molecular flexibility index (Phi) is 11.0. The average Bonchev–Trinajstić information content (AvgIpc) is 2.37. The van der Waals surface area contributed by atoms with Crippen LogP contribution in [0.1, 0.15) is 45.1 Å². The van der Waals surface area contributed by atoms with Crippen LogP contribution in [-0.2, 0) is 4.74 Å². The largest absolute Gasteiger partial charge is 0.394 e. The Morgan fingerprint density at radius 3 is 2.18 bits per heavy atom. The molecule has 0 saturated carbocycles. The molecule has 0 spiro atoms. The first-order valence-electron chi connectivity index (χ1n) is 6.45. The Hall–Kier alpha value is -0.860. The summed E-state index contributed by atoms with van der Waals surface area (Å²) in [5.41, 5.74) is 1.41. The molecule has 0 bridgehead atoms. The summed E-state index contributed by atoms with van der Waals surface area (Å²) in [5.74, 6) is 0.659. The maximum Gasteiger partial charge on any atom is 0.0697 e. The zero-order valence-corrected chi connectivity index (χ0v) is 11.4. The average molecular weight is 238 g/mol. The number of aliphatic hydroxyl groups is 1. The van der Waals surface area contributed by atoms with Gasteiger partial charge < -0.3 is 9.84 Å². The quantitative estimate of drug-likeness (QED) is 0.767. The summed E-state index contributed by atoms with van der Waals surface area (Å²) in [6.07, 6.45) is 2.26. The molecule has 0 heterocycles. The number of ether oxygens (including phenoxy) is 1. The lowest BCUT2D eigenvalue weighted by Gasteiger charge is -2.01. The first-order valence-corrected chi connectivity index (χ1v) is 6.45. The highest BCUT2D eigenvalue weighted by Gasteiger charge is 1.93. The van der Waals surface area contributed by atoms with Crippen LogP contribution in [0.25, 0.3) is 0 Å². The van der Waals surface area contributed by atoms with Crippen LogP contribution in [-0.4, -0.2) is 24.9 Å². The van der Waals surface area contributed by atoms with Gasteiger partial charge in [0.1, 0.15) is 0 Å². The van der Waals surface area contributed by atoms with E-state index in [1.807, 2.05) is 6.07 Å². The molecule has 0 unspecified atom stereocenters. The molecule has 1 aromatic rings. The number of hydrogen-bond acceptors (Lipinski definition) is 2. The van der Waals surface area contributed by atoms with Crippen LogP contribution >= 0.6 is 0 Å². The van der Waals surface area contributed by atoms with Gasteiger partial charge in [0.25, 0.3) is 0 Å². The monoisotopic (exact) mass is 238 g/mol. The Balaban J connectivity index is 0.000000304. The maximum atomic E-state index is 8.24. The first-order chi connectivity index (χ1) is 8.22. The van der Waals surface area contributed by atoms with Gasteiger partial charge in [0, 0.05) is 6.61 Å². The molecule has 0 fully saturated rings. The van der Waals surface area contributed by atoms with Crippen molar-refractivity contribution in [2.75, 3.05) is 19.8 Å². The third kappa shape index (κ3) is 10.0. The fourth-order valence-electron chi connectivity index (χ4n) is 1.25. The van der Waals surface area contributed by atoms with Crippen LogP contribution in [0.15, 0.2) is 30.3 Å². The smallest absolute Gasteiger partial charge is 0.0697 e. The van der Waals surface area contributed by atoms with E-state index in [2.05, 4.69) is 45.0 Å². The summed E-state index contributed by atoms with van der Waals surface area (Å²) in [5, 5.41) is 8.24. The molecule has 1 aromatic carbocycles. The summed E-state index contributed by atoms with van der Waals surface area (Å²) < 4.78 is 4.97. The van der Waals surface area contributed by atoms with Crippen molar-refractivity contribution in [3.63, 3.8) is 0 Å². The van der Waals surface area contributed by atoms with Crippen molar-refractivity contribution in [1.82, 2.24) is 0 Å². The second-order valence-corrected chi connectivity index (χ2v) is 4.25. The number of benzene rings is 1. The third-order valence-electron chi connectivity index (χ3n) is 2.34. The molecule has 0 atom stereocenters. The minimum atomic E-state index is 0.143. The van der Waals surface area contributed by atoms with Crippen LogP contribution in [0.4, 0.5) is 0 Å². The van der Waals surface area contributed by atoms with Gasteiger partial charge in [-0.2, -0.15) is 0 Å². The molecule has 0 radical (unpaired) electrons. The lowest BCUT2D eigenvalue weighted by atomic mass is 10.0. The van der Waals surface area contributed by atoms with E-state index in [0.717, 1.165) is 19.4 Å². The van der Waals surface area contributed by atoms with Crippen LogP contribution in [0, 0.1) is 0 Å². The number of hydrogen-bond donors (Lipinski definition) is 1. The van der Waals surface area contributed by atoms with Crippen molar-refractivity contribution in [1.29, 1.82) is 0 Å². The number of rotatable bonds is 6. The van der Waals surface area contributed by atoms with Crippen molar-refractivity contribution in [2.24, 2.45) is 0 Å². The van der Waals surface area contributed by atoms with Gasteiger partial charge in [0.15, 0.2) is 0 Å². The second kappa shape index (κ2) is 11.6. The van der Waals surface area contributed by atoms with E-state index in [1.165, 1.54) is 5.56 Å². The van der Waals surface area contributed by atoms with Crippen molar-refractivity contribution in [3.05, 3.63) is 35.9 Å². The molecule has 0 amide bonds. The molecule has 0 aromatic heterocycles. The van der Waals surface area contributed by atoms with E-state index in [9.17, 15) is 0 Å². The zero-order chi connectivity index (χ0) is 12.9. The molecule has 1 N–H and O–H groups in total. The van der Waals surface area contributed by atoms with Gasteiger partial charge >= 0.3 is 0 Å². The second-order valence-electron chi connectivity index (χ2n) is 4.25. The van der Waals surface area contributed by atoms with Gasteiger partial charge in [0.05, 0.1) is 13.2 Å². The highest BCUT2D eigenvalue weighted by molar-refractivity contribution is 5.17. The van der Waals surface area contributed by atoms with E-state index in [4.69, 9.17) is 9.84 Å². The van der Waals surface area contributed by atoms with Crippen molar-refractivity contribution in [2.45, 2.75) is 39.5 Å². The van der Waals surface area contributed by atoms with Crippen LogP contribution in [0.3, 0.4) is 0 Å². The van der Waals surface area contributed by atoms with Gasteiger partial charge in [-0.1, -0.05) is 57.5 Å². The molecule has 1 rings (SSSR count). The fraction of sp³-hybridized carbons (Fsp3) is 0.600. The molecule has 98 valence electrons. The molecule has 17 heavy (non-hydrogen) atoms. The Bertz CT molecular complexity index is 238. The van der Waals surface area contributed by atoms with Crippen molar-refractivity contribution >= 4 is 0 Å². The molecular formula is C15H26O2. The summed E-state index contributed by atoms with van der Waals surface area (Å²) in [7, 11) is 0. The van der Waals surface area contributed by atoms with Gasteiger partial charge in [-0.25, -0.2) is 0 Å². The molecule has 0 aliphatic rings. The normalized spacial score (nSPS) is 9.94. The predicted octanol–water partition coefficient (Wildman–Crippen LogP) is 3.61. The van der Waals surface area contributed by atoms with Gasteiger partial charge in [0.2, 0.25) is 0 Å². The van der Waals surface area contributed by atoms with Gasteiger partial charge in [-0.15, -0.1) is 0 Å². The van der Waals surface area contributed by atoms with E-state index in [0.29, 0.717) is 12.5 Å². The van der Waals surface area contributed by atoms with Gasteiger partial charge in [-0.05, 0) is 17.9 Å². The van der Waals surface area contributed by atoms with Crippen molar-refractivity contribution in [3.8, 4) is 0 Å². The summed E-state index contributed by atoms with van der Waals surface area (Å²) >= 11 is 0. The Morgan fingerprint density at radius 2 is 1.76 bits per heavy atom. The van der Waals surface area contributed by atoms with Crippen LogP contribution in [0.5, 0.6) is 0 Å². The predicted molar refractivity (Wildman–Crippen MR) is 73.3 cm³/mol. The SMILES string of the molecule is CC(C)c1ccccc1.CCCCOCCO.